The van der Waals surface area contributed by atoms with E-state index in [9.17, 15) is 18.0 Å². The number of hydrogen-bond donors (Lipinski definition) is 0. The Bertz CT molecular complexity index is 366. The summed E-state index contributed by atoms with van der Waals surface area (Å²) < 4.78 is 50.2. The highest BCUT2D eigenvalue weighted by atomic mass is 19.4. The quantitative estimate of drug-likeness (QED) is 0.721. The van der Waals surface area contributed by atoms with Gasteiger partial charge in [0.05, 0.1) is 14.2 Å². The minimum atomic E-state index is -4.69. The fourth-order valence-electron chi connectivity index (χ4n) is 0.924. The van der Waals surface area contributed by atoms with E-state index in [0.29, 0.717) is 6.07 Å². The number of methoxy groups -OCH3 is 2. The number of furan rings is 1. The molecule has 15 heavy (non-hydrogen) atoms. The number of carbonyl (C=O) groups excluding carboxylic acids is 1. The van der Waals surface area contributed by atoms with Crippen LogP contribution in [0.4, 0.5) is 13.2 Å². The van der Waals surface area contributed by atoms with Gasteiger partial charge < -0.3 is 13.9 Å². The van der Waals surface area contributed by atoms with Crippen molar-refractivity contribution in [2.24, 2.45) is 0 Å². The van der Waals surface area contributed by atoms with Crippen molar-refractivity contribution in [2.75, 3.05) is 14.2 Å². The van der Waals surface area contributed by atoms with Crippen molar-refractivity contribution >= 4 is 5.97 Å². The number of halogens is 3. The van der Waals surface area contributed by atoms with Crippen LogP contribution < -0.4 is 4.74 Å². The molecular formula is C8H7F3O4. The monoisotopic (exact) mass is 224 g/mol. The highest BCUT2D eigenvalue weighted by molar-refractivity contribution is 5.88. The van der Waals surface area contributed by atoms with Crippen LogP contribution >= 0.6 is 0 Å². The van der Waals surface area contributed by atoms with Crippen molar-refractivity contribution in [3.63, 3.8) is 0 Å². The van der Waals surface area contributed by atoms with Gasteiger partial charge >= 0.3 is 12.1 Å². The molecule has 0 amide bonds. The molecule has 0 aliphatic rings. The summed E-state index contributed by atoms with van der Waals surface area (Å²) in [6.45, 7) is 0. The van der Waals surface area contributed by atoms with Crippen molar-refractivity contribution in [2.45, 2.75) is 6.18 Å². The van der Waals surface area contributed by atoms with Crippen molar-refractivity contribution in [3.05, 3.63) is 17.4 Å². The first-order valence-electron chi connectivity index (χ1n) is 3.73. The number of esters is 1. The zero-order chi connectivity index (χ0) is 11.6. The van der Waals surface area contributed by atoms with E-state index in [4.69, 9.17) is 0 Å². The van der Waals surface area contributed by atoms with Gasteiger partial charge in [-0.05, 0) is 0 Å². The van der Waals surface area contributed by atoms with Crippen LogP contribution in [0, 0.1) is 0 Å². The molecule has 1 aromatic heterocycles. The summed E-state index contributed by atoms with van der Waals surface area (Å²) in [5.41, 5.74) is -1.22. The smallest absolute Gasteiger partial charge is 0.420 e. The number of hydrogen-bond acceptors (Lipinski definition) is 4. The lowest BCUT2D eigenvalue weighted by Crippen LogP contribution is -2.11. The van der Waals surface area contributed by atoms with Gasteiger partial charge in [-0.15, -0.1) is 0 Å². The number of rotatable bonds is 2. The lowest BCUT2D eigenvalue weighted by molar-refractivity contribution is -0.138. The largest absolute Gasteiger partial charge is 0.468 e. The molecule has 0 N–H and O–H groups in total. The van der Waals surface area contributed by atoms with Crippen LogP contribution in [0.3, 0.4) is 0 Å². The summed E-state index contributed by atoms with van der Waals surface area (Å²) in [4.78, 5) is 10.9. The normalized spacial score (nSPS) is 11.3. The van der Waals surface area contributed by atoms with Crippen LogP contribution in [0.5, 0.6) is 5.95 Å². The average Bonchev–Trinajstić information content (AvgIpc) is 2.59. The molecule has 0 aliphatic carbocycles. The van der Waals surface area contributed by atoms with Gasteiger partial charge in [0.25, 0.3) is 5.95 Å². The van der Waals surface area contributed by atoms with Gasteiger partial charge in [0, 0.05) is 6.07 Å². The number of carbonyl (C=O) groups is 1. The maximum Gasteiger partial charge on any atom is 0.420 e. The fourth-order valence-corrected chi connectivity index (χ4v) is 0.924. The average molecular weight is 224 g/mol. The lowest BCUT2D eigenvalue weighted by atomic mass is 10.2. The Labute approximate surface area is 82.6 Å². The molecule has 0 unspecified atom stereocenters. The molecule has 0 aromatic carbocycles. The SMILES string of the molecule is COC(=O)c1oc(OC)cc1C(F)(F)F. The molecular weight excluding hydrogens is 217 g/mol. The molecule has 84 valence electrons. The molecule has 1 aromatic rings. The Morgan fingerprint density at radius 3 is 2.40 bits per heavy atom. The third-order valence-electron chi connectivity index (χ3n) is 1.59. The molecule has 0 bridgehead atoms. The van der Waals surface area contributed by atoms with Gasteiger partial charge in [-0.2, -0.15) is 13.2 Å². The van der Waals surface area contributed by atoms with Crippen molar-refractivity contribution in [3.8, 4) is 5.95 Å². The Balaban J connectivity index is 3.24. The first-order valence-corrected chi connectivity index (χ1v) is 3.73. The molecule has 7 heteroatoms. The van der Waals surface area contributed by atoms with Crippen molar-refractivity contribution < 1.29 is 31.9 Å². The summed E-state index contributed by atoms with van der Waals surface area (Å²) >= 11 is 0. The van der Waals surface area contributed by atoms with Gasteiger partial charge in [0.2, 0.25) is 5.76 Å². The first kappa shape index (κ1) is 11.4. The van der Waals surface area contributed by atoms with Crippen molar-refractivity contribution in [1.82, 2.24) is 0 Å². The molecule has 0 aliphatic heterocycles. The van der Waals surface area contributed by atoms with Crippen LogP contribution in [-0.2, 0) is 10.9 Å². The van der Waals surface area contributed by atoms with Crippen molar-refractivity contribution in [1.29, 1.82) is 0 Å². The van der Waals surface area contributed by atoms with Crippen LogP contribution in [0.15, 0.2) is 10.5 Å². The standard InChI is InChI=1S/C8H7F3O4/c1-13-5-3-4(8(9,10)11)6(15-5)7(12)14-2/h3H,1-2H3. The number of ether oxygens (including phenoxy) is 2. The summed E-state index contributed by atoms with van der Waals surface area (Å²) in [6.07, 6.45) is -4.69. The first-order chi connectivity index (χ1) is 6.90. The van der Waals surface area contributed by atoms with E-state index in [-0.39, 0.29) is 0 Å². The second-order valence-corrected chi connectivity index (χ2v) is 2.50. The van der Waals surface area contributed by atoms with Gasteiger partial charge in [-0.25, -0.2) is 4.79 Å². The van der Waals surface area contributed by atoms with E-state index in [2.05, 4.69) is 13.9 Å². The lowest BCUT2D eigenvalue weighted by Gasteiger charge is -2.03. The molecule has 4 nitrogen and oxygen atoms in total. The van der Waals surface area contributed by atoms with E-state index in [1.165, 1.54) is 0 Å². The Morgan fingerprint density at radius 2 is 2.00 bits per heavy atom. The van der Waals surface area contributed by atoms with Gasteiger partial charge in [0.15, 0.2) is 0 Å². The summed E-state index contributed by atoms with van der Waals surface area (Å²) in [6, 6.07) is 0.590. The van der Waals surface area contributed by atoms with Crippen LogP contribution in [0.1, 0.15) is 16.1 Å². The number of alkyl halides is 3. The molecule has 0 radical (unpaired) electrons. The Kier molecular flexibility index (Phi) is 2.92. The zero-order valence-corrected chi connectivity index (χ0v) is 7.84. The third kappa shape index (κ3) is 2.23. The van der Waals surface area contributed by atoms with Gasteiger partial charge in [-0.3, -0.25) is 0 Å². The second-order valence-electron chi connectivity index (χ2n) is 2.50. The Hall–Kier alpha value is -1.66. The molecule has 0 saturated carbocycles. The maximum atomic E-state index is 12.4. The predicted octanol–water partition coefficient (Wildman–Crippen LogP) is 2.09. The third-order valence-corrected chi connectivity index (χ3v) is 1.59. The topological polar surface area (TPSA) is 48.7 Å². The summed E-state index contributed by atoms with van der Waals surface area (Å²) in [5, 5.41) is 0. The predicted molar refractivity (Wildman–Crippen MR) is 41.6 cm³/mol. The van der Waals surface area contributed by atoms with E-state index >= 15 is 0 Å². The highest BCUT2D eigenvalue weighted by Crippen LogP contribution is 2.36. The zero-order valence-electron chi connectivity index (χ0n) is 7.84. The van der Waals surface area contributed by atoms with Crippen LogP contribution in [0.2, 0.25) is 0 Å². The minimum Gasteiger partial charge on any atom is -0.468 e. The summed E-state index contributed by atoms with van der Waals surface area (Å²) in [7, 11) is 2.08. The Morgan fingerprint density at radius 1 is 1.40 bits per heavy atom. The maximum absolute atomic E-state index is 12.4. The van der Waals surface area contributed by atoms with Crippen LogP contribution in [-0.4, -0.2) is 20.2 Å². The van der Waals surface area contributed by atoms with E-state index < -0.39 is 29.4 Å². The molecule has 0 saturated heterocycles. The molecule has 1 rings (SSSR count). The molecule has 1 heterocycles. The molecule has 0 atom stereocenters. The van der Waals surface area contributed by atoms with E-state index in [1.54, 1.807) is 0 Å². The summed E-state index contributed by atoms with van der Waals surface area (Å²) in [5.74, 6) is -2.52. The van der Waals surface area contributed by atoms with Crippen LogP contribution in [0.25, 0.3) is 0 Å². The highest BCUT2D eigenvalue weighted by Gasteiger charge is 2.39. The molecule has 0 fully saturated rings. The minimum absolute atomic E-state index is 0.400. The molecule has 0 spiro atoms. The second kappa shape index (κ2) is 3.84. The van der Waals surface area contributed by atoms with E-state index in [0.717, 1.165) is 14.2 Å². The van der Waals surface area contributed by atoms with Gasteiger partial charge in [-0.1, -0.05) is 0 Å². The van der Waals surface area contributed by atoms with E-state index in [1.807, 2.05) is 0 Å². The fraction of sp³-hybridized carbons (Fsp3) is 0.375. The van der Waals surface area contributed by atoms with Gasteiger partial charge in [0.1, 0.15) is 5.56 Å².